The molecule has 21 heavy (non-hydrogen) atoms. The molecule has 1 unspecified atom stereocenters. The van der Waals surface area contributed by atoms with Crippen molar-refractivity contribution in [2.24, 2.45) is 11.7 Å². The van der Waals surface area contributed by atoms with Crippen molar-refractivity contribution < 1.29 is 4.79 Å². The summed E-state index contributed by atoms with van der Waals surface area (Å²) >= 11 is 5.96. The van der Waals surface area contributed by atoms with E-state index < -0.39 is 0 Å². The van der Waals surface area contributed by atoms with Crippen LogP contribution in [0, 0.1) is 12.8 Å². The number of hydrogen-bond donors (Lipinski definition) is 2. The first-order valence-corrected chi connectivity index (χ1v) is 7.66. The molecule has 0 saturated carbocycles. The molecule has 0 spiro atoms. The maximum atomic E-state index is 12.0. The first kappa shape index (κ1) is 16.1. The van der Waals surface area contributed by atoms with Gasteiger partial charge in [-0.2, -0.15) is 0 Å². The van der Waals surface area contributed by atoms with Gasteiger partial charge in [-0.3, -0.25) is 9.69 Å². The average Bonchev–Trinajstić information content (AvgIpc) is 2.44. The molecule has 0 aliphatic carbocycles. The number of rotatable bonds is 5. The number of nitrogens with zero attached hydrogens (tertiary/aromatic N) is 3. The minimum atomic E-state index is 0.0191. The Kier molecular flexibility index (Phi) is 5.90. The molecule has 1 atom stereocenters. The van der Waals surface area contributed by atoms with Crippen LogP contribution in [0.2, 0.25) is 5.15 Å². The number of halogens is 1. The molecule has 0 radical (unpaired) electrons. The van der Waals surface area contributed by atoms with Crippen LogP contribution in [-0.2, 0) is 11.3 Å². The summed E-state index contributed by atoms with van der Waals surface area (Å²) in [5, 5.41) is 3.33. The van der Waals surface area contributed by atoms with Crippen LogP contribution >= 0.6 is 11.6 Å². The predicted octanol–water partition coefficient (Wildman–Crippen LogP) is 0.725. The van der Waals surface area contributed by atoms with E-state index >= 15 is 0 Å². The van der Waals surface area contributed by atoms with Crippen LogP contribution in [0.1, 0.15) is 24.4 Å². The zero-order valence-electron chi connectivity index (χ0n) is 12.3. The standard InChI is InChI=1S/C14H22ClN5O/c1-10-7-12(15)19-13(18-10)9-20-6-2-3-11(8-20)14(21)17-5-4-16/h7,11H,2-6,8-9,16H2,1H3,(H,17,21). The van der Waals surface area contributed by atoms with Gasteiger partial charge in [0.05, 0.1) is 12.5 Å². The van der Waals surface area contributed by atoms with Gasteiger partial charge in [-0.1, -0.05) is 11.6 Å². The summed E-state index contributed by atoms with van der Waals surface area (Å²) in [4.78, 5) is 22.9. The minimum Gasteiger partial charge on any atom is -0.355 e. The van der Waals surface area contributed by atoms with Crippen molar-refractivity contribution in [1.82, 2.24) is 20.2 Å². The summed E-state index contributed by atoms with van der Waals surface area (Å²) in [5.41, 5.74) is 6.27. The maximum Gasteiger partial charge on any atom is 0.224 e. The van der Waals surface area contributed by atoms with Crippen LogP contribution in [0.15, 0.2) is 6.07 Å². The first-order chi connectivity index (χ1) is 10.1. The summed E-state index contributed by atoms with van der Waals surface area (Å²) in [7, 11) is 0. The van der Waals surface area contributed by atoms with Crippen LogP contribution in [0.3, 0.4) is 0 Å². The Bertz CT molecular complexity index is 476. The SMILES string of the molecule is Cc1cc(Cl)nc(CN2CCCC(C(=O)NCCN)C2)n1. The molecule has 2 rings (SSSR count). The van der Waals surface area contributed by atoms with Crippen molar-refractivity contribution in [3.05, 3.63) is 22.7 Å². The molecular weight excluding hydrogens is 290 g/mol. The third-order valence-electron chi connectivity index (χ3n) is 3.55. The lowest BCUT2D eigenvalue weighted by atomic mass is 9.97. The average molecular weight is 312 g/mol. The molecule has 2 heterocycles. The first-order valence-electron chi connectivity index (χ1n) is 7.28. The normalized spacial score (nSPS) is 19.5. The van der Waals surface area contributed by atoms with Gasteiger partial charge in [0, 0.05) is 25.3 Å². The fraction of sp³-hybridized carbons (Fsp3) is 0.643. The van der Waals surface area contributed by atoms with Crippen LogP contribution in [0.5, 0.6) is 0 Å². The summed E-state index contributed by atoms with van der Waals surface area (Å²) in [5.74, 6) is 0.821. The number of nitrogens with two attached hydrogens (primary N) is 1. The molecule has 7 heteroatoms. The largest absolute Gasteiger partial charge is 0.355 e. The second-order valence-electron chi connectivity index (χ2n) is 5.40. The zero-order valence-corrected chi connectivity index (χ0v) is 13.1. The Labute approximate surface area is 130 Å². The van der Waals surface area contributed by atoms with Gasteiger partial charge in [0.1, 0.15) is 11.0 Å². The van der Waals surface area contributed by atoms with Gasteiger partial charge in [-0.15, -0.1) is 0 Å². The van der Waals surface area contributed by atoms with E-state index in [0.717, 1.165) is 31.6 Å². The molecule has 1 saturated heterocycles. The highest BCUT2D eigenvalue weighted by Gasteiger charge is 2.25. The summed E-state index contributed by atoms with van der Waals surface area (Å²) < 4.78 is 0. The van der Waals surface area contributed by atoms with Gasteiger partial charge >= 0.3 is 0 Å². The number of nitrogens with one attached hydrogen (secondary N) is 1. The highest BCUT2D eigenvalue weighted by atomic mass is 35.5. The minimum absolute atomic E-state index is 0.0191. The molecule has 0 bridgehead atoms. The lowest BCUT2D eigenvalue weighted by Gasteiger charge is -2.31. The Balaban J connectivity index is 1.93. The van der Waals surface area contributed by atoms with Gasteiger partial charge in [0.25, 0.3) is 0 Å². The van der Waals surface area contributed by atoms with Gasteiger partial charge < -0.3 is 11.1 Å². The van der Waals surface area contributed by atoms with E-state index in [1.807, 2.05) is 6.92 Å². The molecule has 3 N–H and O–H groups in total. The second kappa shape index (κ2) is 7.68. The number of carbonyl (C=O) groups is 1. The van der Waals surface area contributed by atoms with Crippen molar-refractivity contribution >= 4 is 17.5 Å². The van der Waals surface area contributed by atoms with E-state index in [0.29, 0.717) is 30.6 Å². The third-order valence-corrected chi connectivity index (χ3v) is 3.75. The van der Waals surface area contributed by atoms with Crippen LogP contribution in [0.25, 0.3) is 0 Å². The molecular formula is C14H22ClN5O. The highest BCUT2D eigenvalue weighted by Crippen LogP contribution is 2.18. The van der Waals surface area contributed by atoms with E-state index in [1.165, 1.54) is 0 Å². The van der Waals surface area contributed by atoms with E-state index in [1.54, 1.807) is 6.07 Å². The molecule has 1 aromatic rings. The maximum absolute atomic E-state index is 12.0. The van der Waals surface area contributed by atoms with Crippen LogP contribution in [-0.4, -0.2) is 47.0 Å². The number of likely N-dealkylation sites (tertiary alicyclic amines) is 1. The topological polar surface area (TPSA) is 84.1 Å². The zero-order chi connectivity index (χ0) is 15.2. The third kappa shape index (κ3) is 4.91. The summed E-state index contributed by atoms with van der Waals surface area (Å²) in [6.07, 6.45) is 1.92. The Morgan fingerprint density at radius 2 is 2.38 bits per heavy atom. The molecule has 1 aromatic heterocycles. The number of amides is 1. The fourth-order valence-electron chi connectivity index (χ4n) is 2.61. The van der Waals surface area contributed by atoms with E-state index in [2.05, 4.69) is 20.2 Å². The van der Waals surface area contributed by atoms with Gasteiger partial charge in [-0.05, 0) is 32.4 Å². The van der Waals surface area contributed by atoms with Gasteiger partial charge in [0.2, 0.25) is 5.91 Å². The van der Waals surface area contributed by atoms with Crippen molar-refractivity contribution in [3.8, 4) is 0 Å². The van der Waals surface area contributed by atoms with Crippen LogP contribution in [0.4, 0.5) is 0 Å². The summed E-state index contributed by atoms with van der Waals surface area (Å²) in [6.45, 7) is 5.21. The molecule has 1 aliphatic rings. The monoisotopic (exact) mass is 311 g/mol. The molecule has 1 aliphatic heterocycles. The highest BCUT2D eigenvalue weighted by molar-refractivity contribution is 6.29. The van der Waals surface area contributed by atoms with Gasteiger partial charge in [-0.25, -0.2) is 9.97 Å². The molecule has 116 valence electrons. The number of piperidine rings is 1. The lowest BCUT2D eigenvalue weighted by molar-refractivity contribution is -0.126. The van der Waals surface area contributed by atoms with Crippen molar-refractivity contribution in [2.45, 2.75) is 26.3 Å². The smallest absolute Gasteiger partial charge is 0.224 e. The quantitative estimate of drug-likeness (QED) is 0.783. The lowest BCUT2D eigenvalue weighted by Crippen LogP contribution is -2.43. The second-order valence-corrected chi connectivity index (χ2v) is 5.79. The van der Waals surface area contributed by atoms with Crippen LogP contribution < -0.4 is 11.1 Å². The fourth-order valence-corrected chi connectivity index (χ4v) is 2.87. The van der Waals surface area contributed by atoms with Crippen molar-refractivity contribution in [1.29, 1.82) is 0 Å². The number of carbonyl (C=O) groups excluding carboxylic acids is 1. The summed E-state index contributed by atoms with van der Waals surface area (Å²) in [6, 6.07) is 1.74. The van der Waals surface area contributed by atoms with E-state index in [-0.39, 0.29) is 11.8 Å². The van der Waals surface area contributed by atoms with Gasteiger partial charge in [0.15, 0.2) is 0 Å². The molecule has 1 fully saturated rings. The molecule has 1 amide bonds. The Hall–Kier alpha value is -1.24. The molecule has 6 nitrogen and oxygen atoms in total. The predicted molar refractivity (Wildman–Crippen MR) is 81.8 cm³/mol. The molecule has 0 aromatic carbocycles. The van der Waals surface area contributed by atoms with E-state index in [4.69, 9.17) is 17.3 Å². The van der Waals surface area contributed by atoms with E-state index in [9.17, 15) is 4.79 Å². The number of aryl methyl sites for hydroxylation is 1. The number of hydrogen-bond acceptors (Lipinski definition) is 5. The van der Waals surface area contributed by atoms with Crippen molar-refractivity contribution in [2.75, 3.05) is 26.2 Å². The Morgan fingerprint density at radius 1 is 1.57 bits per heavy atom. The Morgan fingerprint density at radius 3 is 3.10 bits per heavy atom. The number of aromatic nitrogens is 2. The van der Waals surface area contributed by atoms with Crippen molar-refractivity contribution in [3.63, 3.8) is 0 Å².